The van der Waals surface area contributed by atoms with Gasteiger partial charge in [0.2, 0.25) is 5.89 Å². The third kappa shape index (κ3) is 3.27. The molecule has 17 heavy (non-hydrogen) atoms. The van der Waals surface area contributed by atoms with Gasteiger partial charge in [-0.25, -0.2) is 5.10 Å². The summed E-state index contributed by atoms with van der Waals surface area (Å²) >= 11 is 4.82. The molecule has 0 atom stereocenters. The number of hydrogen-bond acceptors (Lipinski definition) is 3. The standard InChI is InChI=1S/C13H16N2OS/c1-9-6-7-11(8-10(9)2)4-3-5-12-14-15-13(17)16-12/h6-8H,3-5H2,1-2H3,(H,15,17). The number of nitrogens with one attached hydrogen (secondary N) is 1. The summed E-state index contributed by atoms with van der Waals surface area (Å²) in [5.41, 5.74) is 4.05. The molecule has 0 bridgehead atoms. The molecule has 1 N–H and O–H groups in total. The first kappa shape index (κ1) is 12.0. The SMILES string of the molecule is Cc1ccc(CCCc2n[nH]c(=S)o2)cc1C. The molecule has 0 aliphatic heterocycles. The van der Waals surface area contributed by atoms with Crippen LogP contribution < -0.4 is 0 Å². The van der Waals surface area contributed by atoms with Gasteiger partial charge in [-0.3, -0.25) is 0 Å². The van der Waals surface area contributed by atoms with Crippen molar-refractivity contribution in [2.24, 2.45) is 0 Å². The minimum atomic E-state index is 0.353. The van der Waals surface area contributed by atoms with E-state index in [1.54, 1.807) is 0 Å². The van der Waals surface area contributed by atoms with E-state index < -0.39 is 0 Å². The normalized spacial score (nSPS) is 10.7. The van der Waals surface area contributed by atoms with Gasteiger partial charge >= 0.3 is 0 Å². The van der Waals surface area contributed by atoms with Gasteiger partial charge in [0.25, 0.3) is 4.84 Å². The molecule has 0 spiro atoms. The van der Waals surface area contributed by atoms with Crippen LogP contribution in [0, 0.1) is 18.7 Å². The molecule has 2 rings (SSSR count). The lowest BCUT2D eigenvalue weighted by atomic mass is 10.0. The highest BCUT2D eigenvalue weighted by atomic mass is 32.1. The maximum atomic E-state index is 5.21. The summed E-state index contributed by atoms with van der Waals surface area (Å²) < 4.78 is 5.21. The highest BCUT2D eigenvalue weighted by Crippen LogP contribution is 2.12. The van der Waals surface area contributed by atoms with E-state index in [0.717, 1.165) is 19.3 Å². The Morgan fingerprint density at radius 2 is 2.06 bits per heavy atom. The molecule has 0 aliphatic carbocycles. The minimum absolute atomic E-state index is 0.353. The Kier molecular flexibility index (Phi) is 3.74. The predicted molar refractivity (Wildman–Crippen MR) is 69.6 cm³/mol. The molecule has 90 valence electrons. The van der Waals surface area contributed by atoms with Crippen LogP contribution in [0.4, 0.5) is 0 Å². The molecule has 0 fully saturated rings. The number of rotatable bonds is 4. The highest BCUT2D eigenvalue weighted by Gasteiger charge is 2.01. The largest absolute Gasteiger partial charge is 0.414 e. The highest BCUT2D eigenvalue weighted by molar-refractivity contribution is 7.71. The number of aromatic amines is 1. The molecule has 0 aliphatic rings. The van der Waals surface area contributed by atoms with Gasteiger partial charge in [-0.05, 0) is 55.6 Å². The Hall–Kier alpha value is -1.42. The van der Waals surface area contributed by atoms with Crippen molar-refractivity contribution >= 4 is 12.2 Å². The molecule has 2 aromatic rings. The molecule has 3 nitrogen and oxygen atoms in total. The zero-order chi connectivity index (χ0) is 12.3. The topological polar surface area (TPSA) is 41.8 Å². The van der Waals surface area contributed by atoms with Crippen LogP contribution in [0.2, 0.25) is 0 Å². The van der Waals surface area contributed by atoms with Crippen molar-refractivity contribution < 1.29 is 4.42 Å². The Bertz CT molecular complexity index is 557. The van der Waals surface area contributed by atoms with Gasteiger partial charge in [-0.1, -0.05) is 18.2 Å². The first-order chi connectivity index (χ1) is 8.15. The number of aryl methyl sites for hydroxylation is 4. The second-order valence-corrected chi connectivity index (χ2v) is 4.65. The summed E-state index contributed by atoms with van der Waals surface area (Å²) in [6, 6.07) is 6.60. The third-order valence-corrected chi connectivity index (χ3v) is 3.08. The van der Waals surface area contributed by atoms with Crippen LogP contribution in [0.3, 0.4) is 0 Å². The number of H-pyrrole nitrogens is 1. The van der Waals surface area contributed by atoms with Gasteiger partial charge in [0.15, 0.2) is 0 Å². The zero-order valence-electron chi connectivity index (χ0n) is 10.1. The molecule has 0 unspecified atom stereocenters. The van der Waals surface area contributed by atoms with Crippen molar-refractivity contribution in [2.45, 2.75) is 33.1 Å². The van der Waals surface area contributed by atoms with E-state index in [9.17, 15) is 0 Å². The van der Waals surface area contributed by atoms with Gasteiger partial charge in [0.05, 0.1) is 0 Å². The Morgan fingerprint density at radius 1 is 1.24 bits per heavy atom. The number of nitrogens with zero attached hydrogens (tertiary/aromatic N) is 1. The lowest BCUT2D eigenvalue weighted by Crippen LogP contribution is -1.92. The average molecular weight is 248 g/mol. The fourth-order valence-corrected chi connectivity index (χ4v) is 1.91. The maximum absolute atomic E-state index is 5.21. The number of hydrogen-bond donors (Lipinski definition) is 1. The summed E-state index contributed by atoms with van der Waals surface area (Å²) in [6.45, 7) is 4.28. The molecule has 1 aromatic carbocycles. The van der Waals surface area contributed by atoms with Crippen LogP contribution in [0.5, 0.6) is 0 Å². The van der Waals surface area contributed by atoms with E-state index in [-0.39, 0.29) is 0 Å². The quantitative estimate of drug-likeness (QED) is 0.842. The van der Waals surface area contributed by atoms with Crippen molar-refractivity contribution in [3.63, 3.8) is 0 Å². The van der Waals surface area contributed by atoms with Crippen LogP contribution in [0.15, 0.2) is 22.6 Å². The zero-order valence-corrected chi connectivity index (χ0v) is 10.9. The van der Waals surface area contributed by atoms with E-state index in [0.29, 0.717) is 10.7 Å². The summed E-state index contributed by atoms with van der Waals surface area (Å²) in [6.07, 6.45) is 2.88. The Morgan fingerprint density at radius 3 is 2.71 bits per heavy atom. The van der Waals surface area contributed by atoms with Crippen molar-refractivity contribution in [3.8, 4) is 0 Å². The average Bonchev–Trinajstić information content (AvgIpc) is 2.70. The molecule has 1 aromatic heterocycles. The first-order valence-electron chi connectivity index (χ1n) is 5.75. The lowest BCUT2D eigenvalue weighted by molar-refractivity contribution is 0.474. The fourth-order valence-electron chi connectivity index (χ4n) is 1.77. The molecule has 0 saturated heterocycles. The summed E-state index contributed by atoms with van der Waals surface area (Å²) in [5.74, 6) is 0.693. The maximum Gasteiger partial charge on any atom is 0.284 e. The second kappa shape index (κ2) is 5.27. The van der Waals surface area contributed by atoms with Crippen LogP contribution in [0.25, 0.3) is 0 Å². The number of aromatic nitrogens is 2. The summed E-state index contributed by atoms with van der Waals surface area (Å²) in [4.78, 5) is 0.353. The Balaban J connectivity index is 1.89. The molecular formula is C13H16N2OS. The summed E-state index contributed by atoms with van der Waals surface area (Å²) in [7, 11) is 0. The minimum Gasteiger partial charge on any atom is -0.414 e. The Labute approximate surface area is 106 Å². The van der Waals surface area contributed by atoms with E-state index in [4.69, 9.17) is 16.6 Å². The van der Waals surface area contributed by atoms with E-state index in [1.807, 2.05) is 0 Å². The third-order valence-electron chi connectivity index (χ3n) is 2.91. The van der Waals surface area contributed by atoms with Gasteiger partial charge in [0, 0.05) is 6.42 Å². The summed E-state index contributed by atoms with van der Waals surface area (Å²) in [5, 5.41) is 6.61. The molecule has 4 heteroatoms. The van der Waals surface area contributed by atoms with Gasteiger partial charge in [-0.15, -0.1) is 5.10 Å². The van der Waals surface area contributed by atoms with Gasteiger partial charge in [0.1, 0.15) is 0 Å². The lowest BCUT2D eigenvalue weighted by Gasteiger charge is -2.04. The van der Waals surface area contributed by atoms with Crippen molar-refractivity contribution in [3.05, 3.63) is 45.6 Å². The van der Waals surface area contributed by atoms with Crippen LogP contribution in [-0.2, 0) is 12.8 Å². The van der Waals surface area contributed by atoms with Crippen molar-refractivity contribution in [1.29, 1.82) is 0 Å². The fraction of sp³-hybridized carbons (Fsp3) is 0.385. The molecule has 0 amide bonds. The first-order valence-corrected chi connectivity index (χ1v) is 6.16. The van der Waals surface area contributed by atoms with Crippen molar-refractivity contribution in [2.75, 3.05) is 0 Å². The van der Waals surface area contributed by atoms with Gasteiger partial charge < -0.3 is 4.42 Å². The predicted octanol–water partition coefficient (Wildman–Crippen LogP) is 3.52. The molecule has 0 saturated carbocycles. The number of benzene rings is 1. The monoisotopic (exact) mass is 248 g/mol. The van der Waals surface area contributed by atoms with E-state index in [2.05, 4.69) is 42.2 Å². The van der Waals surface area contributed by atoms with Crippen LogP contribution in [0.1, 0.15) is 29.0 Å². The molecular weight excluding hydrogens is 232 g/mol. The van der Waals surface area contributed by atoms with Crippen molar-refractivity contribution in [1.82, 2.24) is 10.2 Å². The smallest absolute Gasteiger partial charge is 0.284 e. The second-order valence-electron chi connectivity index (χ2n) is 4.28. The van der Waals surface area contributed by atoms with Crippen LogP contribution >= 0.6 is 12.2 Å². The molecule has 0 radical (unpaired) electrons. The van der Waals surface area contributed by atoms with Crippen LogP contribution in [-0.4, -0.2) is 10.2 Å². The molecule has 1 heterocycles. The van der Waals surface area contributed by atoms with E-state index in [1.165, 1.54) is 16.7 Å². The van der Waals surface area contributed by atoms with Gasteiger partial charge in [-0.2, -0.15) is 0 Å². The van der Waals surface area contributed by atoms with E-state index >= 15 is 0 Å².